The molecule has 0 aromatic carbocycles. The quantitative estimate of drug-likeness (QED) is 0.786. The van der Waals surface area contributed by atoms with E-state index in [0.29, 0.717) is 18.8 Å². The number of nitrogens with two attached hydrogens (primary N) is 1. The van der Waals surface area contributed by atoms with E-state index in [0.717, 1.165) is 25.2 Å². The van der Waals surface area contributed by atoms with Crippen LogP contribution in [-0.2, 0) is 0 Å². The summed E-state index contributed by atoms with van der Waals surface area (Å²) in [4.78, 5) is 0. The summed E-state index contributed by atoms with van der Waals surface area (Å²) in [7, 11) is 0. The molecule has 0 radical (unpaired) electrons. The lowest BCUT2D eigenvalue weighted by Crippen LogP contribution is -2.43. The zero-order chi connectivity index (χ0) is 14.8. The van der Waals surface area contributed by atoms with E-state index in [9.17, 15) is 13.2 Å². The van der Waals surface area contributed by atoms with Gasteiger partial charge in [-0.15, -0.1) is 0 Å². The van der Waals surface area contributed by atoms with Gasteiger partial charge in [-0.1, -0.05) is 32.6 Å². The first-order chi connectivity index (χ1) is 9.41. The van der Waals surface area contributed by atoms with Crippen molar-refractivity contribution in [1.82, 2.24) is 0 Å². The Kier molecular flexibility index (Phi) is 5.38. The maximum absolute atomic E-state index is 12.9. The molecule has 2 aliphatic rings. The molecule has 20 heavy (non-hydrogen) atoms. The molecule has 0 saturated heterocycles. The van der Waals surface area contributed by atoms with Gasteiger partial charge in [-0.05, 0) is 49.9 Å². The minimum Gasteiger partial charge on any atom is -0.327 e. The summed E-state index contributed by atoms with van der Waals surface area (Å²) in [6, 6.07) is -0.0158. The largest absolute Gasteiger partial charge is 0.391 e. The topological polar surface area (TPSA) is 26.0 Å². The van der Waals surface area contributed by atoms with Crippen LogP contribution in [0.5, 0.6) is 0 Å². The minimum absolute atomic E-state index is 0.0158. The summed E-state index contributed by atoms with van der Waals surface area (Å²) in [5, 5.41) is 0. The lowest BCUT2D eigenvalue weighted by Gasteiger charge is -2.39. The summed E-state index contributed by atoms with van der Waals surface area (Å²) < 4.78 is 38.6. The van der Waals surface area contributed by atoms with Crippen LogP contribution in [-0.4, -0.2) is 12.2 Å². The van der Waals surface area contributed by atoms with Gasteiger partial charge in [-0.3, -0.25) is 0 Å². The standard InChI is InChI=1S/C16H28F3N/c1-2-11-6-8-12(9-7-11)15(20)13-4-3-5-14(10-13)16(17,18)19/h11-15H,2-10,20H2,1H3. The molecule has 2 aliphatic carbocycles. The Morgan fingerprint density at radius 2 is 1.65 bits per heavy atom. The van der Waals surface area contributed by atoms with Crippen molar-refractivity contribution in [3.63, 3.8) is 0 Å². The summed E-state index contributed by atoms with van der Waals surface area (Å²) in [6.45, 7) is 2.22. The fourth-order valence-corrected chi connectivity index (χ4v) is 4.24. The fourth-order valence-electron chi connectivity index (χ4n) is 4.24. The summed E-state index contributed by atoms with van der Waals surface area (Å²) in [5.41, 5.74) is 6.35. The van der Waals surface area contributed by atoms with Crippen LogP contribution < -0.4 is 5.73 Å². The normalized spacial score (nSPS) is 37.6. The number of halogens is 3. The van der Waals surface area contributed by atoms with Gasteiger partial charge in [0, 0.05) is 6.04 Å². The zero-order valence-corrected chi connectivity index (χ0v) is 12.5. The lowest BCUT2D eigenvalue weighted by atomic mass is 9.69. The second kappa shape index (κ2) is 6.67. The van der Waals surface area contributed by atoms with E-state index >= 15 is 0 Å². The molecule has 2 fully saturated rings. The molecule has 1 nitrogen and oxygen atoms in total. The summed E-state index contributed by atoms with van der Waals surface area (Å²) in [5.74, 6) is 0.236. The van der Waals surface area contributed by atoms with E-state index in [1.807, 2.05) is 0 Å². The van der Waals surface area contributed by atoms with E-state index < -0.39 is 12.1 Å². The van der Waals surface area contributed by atoms with Crippen LogP contribution in [0.3, 0.4) is 0 Å². The average molecular weight is 291 g/mol. The second-order valence-electron chi connectivity index (χ2n) is 6.93. The van der Waals surface area contributed by atoms with Gasteiger partial charge < -0.3 is 5.73 Å². The van der Waals surface area contributed by atoms with E-state index in [-0.39, 0.29) is 18.4 Å². The maximum Gasteiger partial charge on any atom is 0.391 e. The number of rotatable bonds is 3. The highest BCUT2D eigenvalue weighted by molar-refractivity contribution is 4.88. The molecule has 2 N–H and O–H groups in total. The summed E-state index contributed by atoms with van der Waals surface area (Å²) >= 11 is 0. The van der Waals surface area contributed by atoms with E-state index in [2.05, 4.69) is 6.92 Å². The molecular formula is C16H28F3N. The van der Waals surface area contributed by atoms with Gasteiger partial charge in [0.05, 0.1) is 5.92 Å². The first kappa shape index (κ1) is 16.1. The summed E-state index contributed by atoms with van der Waals surface area (Å²) in [6.07, 6.45) is 4.00. The molecule has 0 aromatic rings. The fraction of sp³-hybridized carbons (Fsp3) is 1.00. The van der Waals surface area contributed by atoms with E-state index in [1.165, 1.54) is 19.3 Å². The van der Waals surface area contributed by atoms with Gasteiger partial charge >= 0.3 is 6.18 Å². The smallest absolute Gasteiger partial charge is 0.327 e. The molecular weight excluding hydrogens is 263 g/mol. The number of hydrogen-bond acceptors (Lipinski definition) is 1. The third-order valence-corrected chi connectivity index (χ3v) is 5.74. The van der Waals surface area contributed by atoms with Crippen LogP contribution in [0.1, 0.15) is 64.7 Å². The van der Waals surface area contributed by atoms with Crippen LogP contribution in [0.2, 0.25) is 0 Å². The van der Waals surface area contributed by atoms with Crippen molar-refractivity contribution >= 4 is 0 Å². The van der Waals surface area contributed by atoms with Crippen molar-refractivity contribution in [3.8, 4) is 0 Å². The van der Waals surface area contributed by atoms with E-state index in [1.54, 1.807) is 0 Å². The van der Waals surface area contributed by atoms with Crippen molar-refractivity contribution < 1.29 is 13.2 Å². The van der Waals surface area contributed by atoms with Gasteiger partial charge in [0.2, 0.25) is 0 Å². The minimum atomic E-state index is -4.03. The lowest BCUT2D eigenvalue weighted by molar-refractivity contribution is -0.186. The second-order valence-corrected chi connectivity index (χ2v) is 6.93. The molecule has 4 heteroatoms. The molecule has 0 amide bonds. The number of alkyl halides is 3. The molecule has 0 heterocycles. The monoisotopic (exact) mass is 291 g/mol. The molecule has 2 rings (SSSR count). The molecule has 2 saturated carbocycles. The first-order valence-electron chi connectivity index (χ1n) is 8.24. The van der Waals surface area contributed by atoms with Crippen molar-refractivity contribution in [2.75, 3.05) is 0 Å². The van der Waals surface area contributed by atoms with E-state index in [4.69, 9.17) is 5.73 Å². The molecule has 118 valence electrons. The first-order valence-corrected chi connectivity index (χ1v) is 8.24. The highest BCUT2D eigenvalue weighted by atomic mass is 19.4. The Morgan fingerprint density at radius 3 is 2.20 bits per heavy atom. The Morgan fingerprint density at radius 1 is 1.00 bits per heavy atom. The Bertz CT molecular complexity index is 295. The van der Waals surface area contributed by atoms with Gasteiger partial charge in [-0.25, -0.2) is 0 Å². The predicted octanol–water partition coefficient (Wildman–Crippen LogP) is 4.90. The maximum atomic E-state index is 12.9. The SMILES string of the molecule is CCC1CCC(C(N)C2CCCC(C(F)(F)F)C2)CC1. The molecule has 3 unspecified atom stereocenters. The Hall–Kier alpha value is -0.250. The zero-order valence-electron chi connectivity index (χ0n) is 12.5. The van der Waals surface area contributed by atoms with Crippen LogP contribution in [0.25, 0.3) is 0 Å². The average Bonchev–Trinajstić information content (AvgIpc) is 2.46. The molecule has 0 aromatic heterocycles. The predicted molar refractivity (Wildman–Crippen MR) is 75.2 cm³/mol. The molecule has 0 aliphatic heterocycles. The molecule has 0 spiro atoms. The van der Waals surface area contributed by atoms with Crippen molar-refractivity contribution in [1.29, 1.82) is 0 Å². The molecule has 0 bridgehead atoms. The van der Waals surface area contributed by atoms with Crippen LogP contribution >= 0.6 is 0 Å². The van der Waals surface area contributed by atoms with Crippen LogP contribution in [0.4, 0.5) is 13.2 Å². The third-order valence-electron chi connectivity index (χ3n) is 5.74. The Labute approximate surface area is 120 Å². The van der Waals surface area contributed by atoms with Crippen molar-refractivity contribution in [2.45, 2.75) is 76.9 Å². The number of hydrogen-bond donors (Lipinski definition) is 1. The highest BCUT2D eigenvalue weighted by Gasteiger charge is 2.44. The van der Waals surface area contributed by atoms with Crippen molar-refractivity contribution in [2.24, 2.45) is 29.4 Å². The van der Waals surface area contributed by atoms with Gasteiger partial charge in [0.15, 0.2) is 0 Å². The molecule has 3 atom stereocenters. The van der Waals surface area contributed by atoms with Crippen LogP contribution in [0, 0.1) is 23.7 Å². The van der Waals surface area contributed by atoms with Gasteiger partial charge in [0.1, 0.15) is 0 Å². The third kappa shape index (κ3) is 3.90. The van der Waals surface area contributed by atoms with Gasteiger partial charge in [-0.2, -0.15) is 13.2 Å². The highest BCUT2D eigenvalue weighted by Crippen LogP contribution is 2.43. The van der Waals surface area contributed by atoms with Gasteiger partial charge in [0.25, 0.3) is 0 Å². The van der Waals surface area contributed by atoms with Crippen LogP contribution in [0.15, 0.2) is 0 Å². The Balaban J connectivity index is 1.87. The van der Waals surface area contributed by atoms with Crippen molar-refractivity contribution in [3.05, 3.63) is 0 Å².